The van der Waals surface area contributed by atoms with Crippen LogP contribution in [-0.2, 0) is 6.54 Å². The van der Waals surface area contributed by atoms with Gasteiger partial charge in [-0.3, -0.25) is 4.68 Å². The first-order chi connectivity index (χ1) is 9.78. The van der Waals surface area contributed by atoms with Crippen LogP contribution < -0.4 is 10.1 Å². The first-order valence-electron chi connectivity index (χ1n) is 7.19. The van der Waals surface area contributed by atoms with Crippen LogP contribution in [0.5, 0.6) is 5.75 Å². The first kappa shape index (κ1) is 14.4. The number of hydrogen-bond acceptors (Lipinski definition) is 3. The van der Waals surface area contributed by atoms with Gasteiger partial charge in [-0.25, -0.2) is 0 Å². The normalized spacial score (nSPS) is 10.8. The molecule has 0 bridgehead atoms. The number of anilines is 1. The second kappa shape index (κ2) is 6.98. The van der Waals surface area contributed by atoms with E-state index in [4.69, 9.17) is 4.74 Å². The second-order valence-corrected chi connectivity index (χ2v) is 4.81. The standard InChI is InChI=1S/C16H23N3O/c1-4-14(5-2)19-11-10-13(18-19)12-17-15-8-6-7-9-16(15)20-3/h6-11,14,17H,4-5,12H2,1-3H3. The van der Waals surface area contributed by atoms with Gasteiger partial charge >= 0.3 is 0 Å². The molecule has 1 aromatic heterocycles. The Labute approximate surface area is 120 Å². The number of rotatable bonds is 7. The maximum atomic E-state index is 5.32. The number of ether oxygens (including phenoxy) is 1. The third-order valence-corrected chi connectivity index (χ3v) is 3.55. The highest BCUT2D eigenvalue weighted by molar-refractivity contribution is 5.56. The Hall–Kier alpha value is -1.97. The third kappa shape index (κ3) is 3.32. The minimum atomic E-state index is 0.495. The second-order valence-electron chi connectivity index (χ2n) is 4.81. The van der Waals surface area contributed by atoms with Crippen molar-refractivity contribution < 1.29 is 4.74 Å². The predicted octanol–water partition coefficient (Wildman–Crippen LogP) is 3.86. The summed E-state index contributed by atoms with van der Waals surface area (Å²) < 4.78 is 7.39. The van der Waals surface area contributed by atoms with Crippen LogP contribution in [0.1, 0.15) is 38.4 Å². The molecule has 20 heavy (non-hydrogen) atoms. The predicted molar refractivity (Wildman–Crippen MR) is 82.2 cm³/mol. The van der Waals surface area contributed by atoms with Crippen LogP contribution in [-0.4, -0.2) is 16.9 Å². The van der Waals surface area contributed by atoms with Crippen LogP contribution in [0.4, 0.5) is 5.69 Å². The van der Waals surface area contributed by atoms with Crippen molar-refractivity contribution in [2.75, 3.05) is 12.4 Å². The molecule has 0 unspecified atom stereocenters. The zero-order chi connectivity index (χ0) is 14.4. The van der Waals surface area contributed by atoms with Gasteiger partial charge in [0.05, 0.1) is 31.1 Å². The highest BCUT2D eigenvalue weighted by atomic mass is 16.5. The van der Waals surface area contributed by atoms with Crippen LogP contribution >= 0.6 is 0 Å². The molecule has 2 aromatic rings. The molecule has 2 rings (SSSR count). The van der Waals surface area contributed by atoms with Crippen LogP contribution in [0.2, 0.25) is 0 Å². The van der Waals surface area contributed by atoms with Crippen LogP contribution in [0.3, 0.4) is 0 Å². The van der Waals surface area contributed by atoms with E-state index in [2.05, 4.69) is 41.2 Å². The molecule has 0 aliphatic rings. The fraction of sp³-hybridized carbons (Fsp3) is 0.438. The number of methoxy groups -OCH3 is 1. The Balaban J connectivity index is 2.01. The summed E-state index contributed by atoms with van der Waals surface area (Å²) in [7, 11) is 1.68. The van der Waals surface area contributed by atoms with Gasteiger partial charge in [0.1, 0.15) is 5.75 Å². The molecule has 1 aromatic carbocycles. The summed E-state index contributed by atoms with van der Waals surface area (Å²) in [5.41, 5.74) is 2.04. The van der Waals surface area contributed by atoms with Crippen molar-refractivity contribution in [2.24, 2.45) is 0 Å². The molecule has 4 heteroatoms. The van der Waals surface area contributed by atoms with Crippen LogP contribution in [0.15, 0.2) is 36.5 Å². The lowest BCUT2D eigenvalue weighted by molar-refractivity contribution is 0.416. The molecular formula is C16H23N3O. The van der Waals surface area contributed by atoms with E-state index in [1.54, 1.807) is 7.11 Å². The summed E-state index contributed by atoms with van der Waals surface area (Å²) in [4.78, 5) is 0. The first-order valence-corrected chi connectivity index (χ1v) is 7.19. The molecule has 0 aliphatic carbocycles. The zero-order valence-corrected chi connectivity index (χ0v) is 12.5. The molecule has 108 valence electrons. The highest BCUT2D eigenvalue weighted by Gasteiger charge is 2.08. The lowest BCUT2D eigenvalue weighted by Crippen LogP contribution is -2.09. The Morgan fingerprint density at radius 1 is 1.20 bits per heavy atom. The largest absolute Gasteiger partial charge is 0.495 e. The minimum absolute atomic E-state index is 0.495. The molecule has 0 aliphatic heterocycles. The lowest BCUT2D eigenvalue weighted by Gasteiger charge is -2.13. The van der Waals surface area contributed by atoms with Crippen molar-refractivity contribution in [1.29, 1.82) is 0 Å². The molecule has 0 atom stereocenters. The topological polar surface area (TPSA) is 39.1 Å². The average molecular weight is 273 g/mol. The van der Waals surface area contributed by atoms with Gasteiger partial charge in [-0.1, -0.05) is 26.0 Å². The van der Waals surface area contributed by atoms with Crippen molar-refractivity contribution in [1.82, 2.24) is 9.78 Å². The lowest BCUT2D eigenvalue weighted by atomic mass is 10.2. The summed E-state index contributed by atoms with van der Waals surface area (Å²) in [5, 5.41) is 8.00. The molecule has 1 N–H and O–H groups in total. The van der Waals surface area contributed by atoms with Crippen LogP contribution in [0.25, 0.3) is 0 Å². The maximum Gasteiger partial charge on any atom is 0.141 e. The molecule has 0 radical (unpaired) electrons. The van der Waals surface area contributed by atoms with E-state index in [0.29, 0.717) is 12.6 Å². The Morgan fingerprint density at radius 3 is 2.65 bits per heavy atom. The van der Waals surface area contributed by atoms with Gasteiger partial charge < -0.3 is 10.1 Å². The van der Waals surface area contributed by atoms with E-state index in [1.165, 1.54) is 0 Å². The number of nitrogens with zero attached hydrogens (tertiary/aromatic N) is 2. The summed E-state index contributed by atoms with van der Waals surface area (Å²) in [5.74, 6) is 0.854. The van der Waals surface area contributed by atoms with E-state index < -0.39 is 0 Å². The van der Waals surface area contributed by atoms with Gasteiger partial charge in [-0.2, -0.15) is 5.10 Å². The fourth-order valence-corrected chi connectivity index (χ4v) is 2.31. The molecular weight excluding hydrogens is 250 g/mol. The minimum Gasteiger partial charge on any atom is -0.495 e. The third-order valence-electron chi connectivity index (χ3n) is 3.55. The summed E-state index contributed by atoms with van der Waals surface area (Å²) >= 11 is 0. The molecule has 0 spiro atoms. The molecule has 0 saturated heterocycles. The zero-order valence-electron chi connectivity index (χ0n) is 12.5. The molecule has 1 heterocycles. The average Bonchev–Trinajstić information content (AvgIpc) is 2.95. The van der Waals surface area contributed by atoms with Gasteiger partial charge in [-0.15, -0.1) is 0 Å². The van der Waals surface area contributed by atoms with Crippen molar-refractivity contribution in [2.45, 2.75) is 39.3 Å². The SMILES string of the molecule is CCC(CC)n1ccc(CNc2ccccc2OC)n1. The van der Waals surface area contributed by atoms with E-state index in [-0.39, 0.29) is 0 Å². The van der Waals surface area contributed by atoms with E-state index >= 15 is 0 Å². The molecule has 4 nitrogen and oxygen atoms in total. The Bertz CT molecular complexity index is 532. The molecule has 0 amide bonds. The maximum absolute atomic E-state index is 5.32. The van der Waals surface area contributed by atoms with Crippen molar-refractivity contribution in [3.8, 4) is 5.75 Å². The highest BCUT2D eigenvalue weighted by Crippen LogP contribution is 2.23. The van der Waals surface area contributed by atoms with Crippen molar-refractivity contribution in [3.63, 3.8) is 0 Å². The number of nitrogens with one attached hydrogen (secondary N) is 1. The Morgan fingerprint density at radius 2 is 1.95 bits per heavy atom. The van der Waals surface area contributed by atoms with Crippen LogP contribution in [0, 0.1) is 0 Å². The monoisotopic (exact) mass is 273 g/mol. The van der Waals surface area contributed by atoms with Gasteiger partial charge in [0.2, 0.25) is 0 Å². The van der Waals surface area contributed by atoms with Crippen molar-refractivity contribution >= 4 is 5.69 Å². The number of para-hydroxylation sites is 2. The summed E-state index contributed by atoms with van der Waals surface area (Å²) in [6.07, 6.45) is 4.28. The van der Waals surface area contributed by atoms with E-state index in [9.17, 15) is 0 Å². The number of hydrogen-bond donors (Lipinski definition) is 1. The van der Waals surface area contributed by atoms with Crippen molar-refractivity contribution in [3.05, 3.63) is 42.2 Å². The quantitative estimate of drug-likeness (QED) is 0.832. The smallest absolute Gasteiger partial charge is 0.141 e. The molecule has 0 saturated carbocycles. The summed E-state index contributed by atoms with van der Waals surface area (Å²) in [6, 6.07) is 10.5. The van der Waals surface area contributed by atoms with E-state index in [1.807, 2.05) is 24.3 Å². The number of benzene rings is 1. The Kier molecular flexibility index (Phi) is 5.04. The van der Waals surface area contributed by atoms with E-state index in [0.717, 1.165) is 30.0 Å². The van der Waals surface area contributed by atoms with Gasteiger partial charge in [0, 0.05) is 6.20 Å². The molecule has 0 fully saturated rings. The van der Waals surface area contributed by atoms with Gasteiger partial charge in [0.15, 0.2) is 0 Å². The summed E-state index contributed by atoms with van der Waals surface area (Å²) in [6.45, 7) is 5.10. The van der Waals surface area contributed by atoms with Gasteiger partial charge in [0.25, 0.3) is 0 Å². The fourth-order valence-electron chi connectivity index (χ4n) is 2.31. The number of aromatic nitrogens is 2. The van der Waals surface area contributed by atoms with Gasteiger partial charge in [-0.05, 0) is 31.0 Å².